The topological polar surface area (TPSA) is 38.3 Å². The highest BCUT2D eigenvalue weighted by Gasteiger charge is 2.23. The van der Waals surface area contributed by atoms with E-state index in [1.807, 2.05) is 6.07 Å². The number of amides is 1. The fraction of sp³-hybridized carbons (Fsp3) is 0.562. The van der Waals surface area contributed by atoms with E-state index in [9.17, 15) is 4.79 Å². The minimum Gasteiger partial charge on any atom is -0.496 e. The summed E-state index contributed by atoms with van der Waals surface area (Å²) in [6.07, 6.45) is 5.11. The second kappa shape index (κ2) is 6.98. The van der Waals surface area contributed by atoms with Crippen LogP contribution in [0.4, 0.5) is 0 Å². The maximum atomic E-state index is 12.2. The summed E-state index contributed by atoms with van der Waals surface area (Å²) in [4.78, 5) is 12.2. The van der Waals surface area contributed by atoms with Crippen LogP contribution in [0.1, 0.15) is 38.2 Å². The molecule has 0 aliphatic heterocycles. The lowest BCUT2D eigenvalue weighted by atomic mass is 9.86. The number of carbonyl (C=O) groups excluding carboxylic acids is 1. The molecule has 0 radical (unpaired) electrons. The smallest absolute Gasteiger partial charge is 0.224 e. The molecule has 1 aliphatic rings. The number of hydrogen-bond acceptors (Lipinski definition) is 2. The third-order valence-corrected chi connectivity index (χ3v) is 4.29. The molecule has 0 heterocycles. The van der Waals surface area contributed by atoms with Crippen LogP contribution in [0.15, 0.2) is 18.2 Å². The van der Waals surface area contributed by atoms with Crippen LogP contribution >= 0.6 is 11.6 Å². The molecule has 0 saturated heterocycles. The molecule has 2 unspecified atom stereocenters. The third-order valence-electron chi connectivity index (χ3n) is 4.06. The van der Waals surface area contributed by atoms with Gasteiger partial charge >= 0.3 is 0 Å². The fourth-order valence-electron chi connectivity index (χ4n) is 2.83. The van der Waals surface area contributed by atoms with Crippen molar-refractivity contribution >= 4 is 17.5 Å². The SMILES string of the molecule is COc1cc(Cl)ccc1CC(=O)NC1CCCCC1C. The van der Waals surface area contributed by atoms with Gasteiger partial charge in [0, 0.05) is 16.6 Å². The summed E-state index contributed by atoms with van der Waals surface area (Å²) >= 11 is 5.93. The van der Waals surface area contributed by atoms with Crippen LogP contribution in [0.25, 0.3) is 0 Å². The predicted octanol–water partition coefficient (Wildman–Crippen LogP) is 3.59. The number of benzene rings is 1. The van der Waals surface area contributed by atoms with Gasteiger partial charge in [-0.25, -0.2) is 0 Å². The van der Waals surface area contributed by atoms with E-state index in [2.05, 4.69) is 12.2 Å². The molecule has 1 amide bonds. The fourth-order valence-corrected chi connectivity index (χ4v) is 2.99. The van der Waals surface area contributed by atoms with Crippen LogP contribution < -0.4 is 10.1 Å². The summed E-state index contributed by atoms with van der Waals surface area (Å²) in [7, 11) is 1.59. The van der Waals surface area contributed by atoms with E-state index >= 15 is 0 Å². The molecule has 2 rings (SSSR count). The van der Waals surface area contributed by atoms with E-state index in [4.69, 9.17) is 16.3 Å². The molecule has 1 fully saturated rings. The van der Waals surface area contributed by atoms with Crippen LogP contribution in [-0.4, -0.2) is 19.1 Å². The highest BCUT2D eigenvalue weighted by molar-refractivity contribution is 6.30. The summed E-state index contributed by atoms with van der Waals surface area (Å²) < 4.78 is 5.27. The maximum Gasteiger partial charge on any atom is 0.224 e. The van der Waals surface area contributed by atoms with Crippen molar-refractivity contribution in [1.82, 2.24) is 5.32 Å². The molecule has 20 heavy (non-hydrogen) atoms. The van der Waals surface area contributed by atoms with Crippen LogP contribution in [0, 0.1) is 5.92 Å². The van der Waals surface area contributed by atoms with Crippen LogP contribution in [0.5, 0.6) is 5.75 Å². The molecule has 1 aromatic carbocycles. The van der Waals surface area contributed by atoms with Gasteiger partial charge < -0.3 is 10.1 Å². The van der Waals surface area contributed by atoms with Crippen molar-refractivity contribution < 1.29 is 9.53 Å². The number of nitrogens with one attached hydrogen (secondary N) is 1. The second-order valence-electron chi connectivity index (χ2n) is 5.57. The van der Waals surface area contributed by atoms with Gasteiger partial charge in [0.2, 0.25) is 5.91 Å². The van der Waals surface area contributed by atoms with Gasteiger partial charge in [-0.15, -0.1) is 0 Å². The minimum absolute atomic E-state index is 0.0596. The summed E-state index contributed by atoms with van der Waals surface area (Å²) in [5.74, 6) is 1.30. The molecule has 1 aromatic rings. The molecule has 2 atom stereocenters. The molecule has 110 valence electrons. The van der Waals surface area contributed by atoms with Gasteiger partial charge in [-0.1, -0.05) is 37.4 Å². The summed E-state index contributed by atoms with van der Waals surface area (Å²) in [5.41, 5.74) is 0.873. The first-order valence-electron chi connectivity index (χ1n) is 7.22. The molecule has 0 spiro atoms. The van der Waals surface area contributed by atoms with E-state index in [1.165, 1.54) is 19.3 Å². The Morgan fingerprint density at radius 1 is 1.40 bits per heavy atom. The number of methoxy groups -OCH3 is 1. The second-order valence-corrected chi connectivity index (χ2v) is 6.01. The molecule has 4 heteroatoms. The Labute approximate surface area is 125 Å². The van der Waals surface area contributed by atoms with Gasteiger partial charge in [0.05, 0.1) is 13.5 Å². The highest BCUT2D eigenvalue weighted by atomic mass is 35.5. The van der Waals surface area contributed by atoms with Crippen molar-refractivity contribution in [3.8, 4) is 5.75 Å². The van der Waals surface area contributed by atoms with Crippen LogP contribution in [0.2, 0.25) is 5.02 Å². The van der Waals surface area contributed by atoms with Gasteiger partial charge in [-0.05, 0) is 30.9 Å². The summed E-state index contributed by atoms with van der Waals surface area (Å²) in [6.45, 7) is 2.22. The van der Waals surface area contributed by atoms with Gasteiger partial charge in [0.15, 0.2) is 0 Å². The Morgan fingerprint density at radius 3 is 2.85 bits per heavy atom. The predicted molar refractivity (Wildman–Crippen MR) is 81.3 cm³/mol. The van der Waals surface area contributed by atoms with E-state index in [0.717, 1.165) is 12.0 Å². The van der Waals surface area contributed by atoms with Crippen molar-refractivity contribution in [3.63, 3.8) is 0 Å². The number of halogens is 1. The van der Waals surface area contributed by atoms with Crippen LogP contribution in [-0.2, 0) is 11.2 Å². The highest BCUT2D eigenvalue weighted by Crippen LogP contribution is 2.25. The molecule has 1 aliphatic carbocycles. The lowest BCUT2D eigenvalue weighted by Gasteiger charge is -2.29. The monoisotopic (exact) mass is 295 g/mol. The average Bonchev–Trinajstić information content (AvgIpc) is 2.43. The van der Waals surface area contributed by atoms with E-state index < -0.39 is 0 Å². The average molecular weight is 296 g/mol. The number of rotatable bonds is 4. The molecule has 1 saturated carbocycles. The molecule has 0 aromatic heterocycles. The summed E-state index contributed by atoms with van der Waals surface area (Å²) in [6, 6.07) is 5.70. The van der Waals surface area contributed by atoms with Crippen molar-refractivity contribution in [1.29, 1.82) is 0 Å². The van der Waals surface area contributed by atoms with Crippen molar-refractivity contribution in [2.24, 2.45) is 5.92 Å². The van der Waals surface area contributed by atoms with Gasteiger partial charge in [0.25, 0.3) is 0 Å². The quantitative estimate of drug-likeness (QED) is 0.922. The van der Waals surface area contributed by atoms with Gasteiger partial charge in [0.1, 0.15) is 5.75 Å². The molecule has 0 bridgehead atoms. The number of carbonyl (C=O) groups is 1. The Balaban J connectivity index is 1.97. The van der Waals surface area contributed by atoms with Crippen molar-refractivity contribution in [2.75, 3.05) is 7.11 Å². The van der Waals surface area contributed by atoms with E-state index in [-0.39, 0.29) is 5.91 Å². The third kappa shape index (κ3) is 3.89. The lowest BCUT2D eigenvalue weighted by Crippen LogP contribution is -2.41. The standard InChI is InChI=1S/C16H22ClNO2/c1-11-5-3-4-6-14(11)18-16(19)9-12-7-8-13(17)10-15(12)20-2/h7-8,10-11,14H,3-6,9H2,1-2H3,(H,18,19). The maximum absolute atomic E-state index is 12.2. The van der Waals surface area contributed by atoms with E-state index in [1.54, 1.807) is 19.2 Å². The number of ether oxygens (including phenoxy) is 1. The zero-order chi connectivity index (χ0) is 14.5. The Bertz CT molecular complexity index is 476. The zero-order valence-electron chi connectivity index (χ0n) is 12.1. The minimum atomic E-state index is 0.0596. The number of hydrogen-bond donors (Lipinski definition) is 1. The van der Waals surface area contributed by atoms with Gasteiger partial charge in [-0.3, -0.25) is 4.79 Å². The lowest BCUT2D eigenvalue weighted by molar-refractivity contribution is -0.121. The first kappa shape index (κ1) is 15.2. The largest absolute Gasteiger partial charge is 0.496 e. The molecular formula is C16H22ClNO2. The Morgan fingerprint density at radius 2 is 2.15 bits per heavy atom. The zero-order valence-corrected chi connectivity index (χ0v) is 12.9. The summed E-state index contributed by atoms with van der Waals surface area (Å²) in [5, 5.41) is 3.77. The first-order valence-corrected chi connectivity index (χ1v) is 7.59. The normalized spacial score (nSPS) is 22.4. The van der Waals surface area contributed by atoms with E-state index in [0.29, 0.717) is 29.2 Å². The Kier molecular flexibility index (Phi) is 5.30. The van der Waals surface area contributed by atoms with Crippen molar-refractivity contribution in [2.45, 2.75) is 45.1 Å². The van der Waals surface area contributed by atoms with Crippen molar-refractivity contribution in [3.05, 3.63) is 28.8 Å². The Hall–Kier alpha value is -1.22. The van der Waals surface area contributed by atoms with Crippen LogP contribution in [0.3, 0.4) is 0 Å². The molecule has 3 nitrogen and oxygen atoms in total. The molecular weight excluding hydrogens is 274 g/mol. The molecule has 1 N–H and O–H groups in total. The van der Waals surface area contributed by atoms with Gasteiger partial charge in [-0.2, -0.15) is 0 Å². The first-order chi connectivity index (χ1) is 9.60.